The largest absolute Gasteiger partial charge is 0.312 e. The molecule has 0 aliphatic heterocycles. The molecule has 0 bridgehead atoms. The van der Waals surface area contributed by atoms with E-state index < -0.39 is 0 Å². The van der Waals surface area contributed by atoms with Crippen LogP contribution < -0.4 is 5.32 Å². The van der Waals surface area contributed by atoms with Gasteiger partial charge >= 0.3 is 0 Å². The summed E-state index contributed by atoms with van der Waals surface area (Å²) in [7, 11) is 0. The van der Waals surface area contributed by atoms with Crippen molar-refractivity contribution < 1.29 is 0 Å². The molecule has 0 spiro atoms. The highest BCUT2D eigenvalue weighted by Crippen LogP contribution is 2.54. The first kappa shape index (κ1) is 13.6. The monoisotopic (exact) mass is 245 g/mol. The van der Waals surface area contributed by atoms with E-state index in [0.29, 0.717) is 5.41 Å². The van der Waals surface area contributed by atoms with Crippen molar-refractivity contribution in [2.75, 3.05) is 6.54 Å². The van der Waals surface area contributed by atoms with Gasteiger partial charge in [-0.25, -0.2) is 0 Å². The van der Waals surface area contributed by atoms with E-state index in [0.717, 1.165) is 12.5 Å². The van der Waals surface area contributed by atoms with Crippen LogP contribution in [0.2, 0.25) is 0 Å². The van der Waals surface area contributed by atoms with Crippen molar-refractivity contribution in [2.24, 2.45) is 5.92 Å². The van der Waals surface area contributed by atoms with E-state index in [9.17, 15) is 0 Å². The first-order valence-corrected chi connectivity index (χ1v) is 7.05. The fraction of sp³-hybridized carbons (Fsp3) is 0.647. The number of nitrogens with one attached hydrogen (secondary N) is 1. The summed E-state index contributed by atoms with van der Waals surface area (Å²) in [6.45, 7) is 14.7. The summed E-state index contributed by atoms with van der Waals surface area (Å²) in [4.78, 5) is 0. The van der Waals surface area contributed by atoms with Crippen LogP contribution in [-0.2, 0) is 5.41 Å². The first-order chi connectivity index (χ1) is 8.22. The van der Waals surface area contributed by atoms with E-state index in [1.165, 1.54) is 17.5 Å². The molecule has 1 aromatic carbocycles. The van der Waals surface area contributed by atoms with Crippen LogP contribution >= 0.6 is 0 Å². The van der Waals surface area contributed by atoms with Crippen molar-refractivity contribution in [2.45, 2.75) is 58.9 Å². The number of rotatable bonds is 3. The Morgan fingerprint density at radius 1 is 1.28 bits per heavy atom. The van der Waals surface area contributed by atoms with Crippen molar-refractivity contribution in [3.8, 4) is 0 Å². The molecule has 2 rings (SSSR count). The highest BCUT2D eigenvalue weighted by atomic mass is 15.0. The molecule has 1 aliphatic carbocycles. The lowest BCUT2D eigenvalue weighted by Crippen LogP contribution is -2.38. The zero-order valence-corrected chi connectivity index (χ0v) is 12.7. The molecule has 1 heteroatoms. The van der Waals surface area contributed by atoms with Crippen molar-refractivity contribution in [3.05, 3.63) is 34.9 Å². The molecule has 2 unspecified atom stereocenters. The van der Waals surface area contributed by atoms with Crippen LogP contribution in [0.5, 0.6) is 0 Å². The van der Waals surface area contributed by atoms with Crippen LogP contribution in [0, 0.1) is 19.8 Å². The third-order valence-electron chi connectivity index (χ3n) is 4.29. The Morgan fingerprint density at radius 2 is 1.94 bits per heavy atom. The molecule has 1 fully saturated rings. The summed E-state index contributed by atoms with van der Waals surface area (Å²) in [6.07, 6.45) is 1.32. The van der Waals surface area contributed by atoms with E-state index >= 15 is 0 Å². The minimum absolute atomic E-state index is 0.228. The molecule has 1 N–H and O–H groups in total. The fourth-order valence-corrected chi connectivity index (χ4v) is 2.96. The molecule has 1 aliphatic rings. The Morgan fingerprint density at radius 3 is 2.50 bits per heavy atom. The number of benzene rings is 1. The number of aryl methyl sites for hydroxylation is 2. The Kier molecular flexibility index (Phi) is 3.31. The fourth-order valence-electron chi connectivity index (χ4n) is 2.96. The molecule has 1 saturated carbocycles. The molecular formula is C17H27N. The second-order valence-electron chi connectivity index (χ2n) is 7.27. The molecule has 0 heterocycles. The molecule has 0 radical (unpaired) electrons. The van der Waals surface area contributed by atoms with E-state index in [4.69, 9.17) is 0 Å². The first-order valence-electron chi connectivity index (χ1n) is 7.05. The van der Waals surface area contributed by atoms with Crippen LogP contribution in [-0.4, -0.2) is 12.1 Å². The van der Waals surface area contributed by atoms with Crippen LogP contribution in [0.4, 0.5) is 0 Å². The molecule has 0 aromatic heterocycles. The van der Waals surface area contributed by atoms with E-state index in [1.54, 1.807) is 5.56 Å². The lowest BCUT2D eigenvalue weighted by molar-refractivity contribution is 0.406. The highest BCUT2D eigenvalue weighted by Gasteiger charge is 2.51. The van der Waals surface area contributed by atoms with E-state index in [-0.39, 0.29) is 5.54 Å². The van der Waals surface area contributed by atoms with Gasteiger partial charge < -0.3 is 5.32 Å². The van der Waals surface area contributed by atoms with Gasteiger partial charge in [0, 0.05) is 5.54 Å². The summed E-state index contributed by atoms with van der Waals surface area (Å²) in [6, 6.07) is 6.90. The van der Waals surface area contributed by atoms with Crippen molar-refractivity contribution in [1.82, 2.24) is 5.32 Å². The van der Waals surface area contributed by atoms with Crippen LogP contribution in [0.25, 0.3) is 0 Å². The summed E-state index contributed by atoms with van der Waals surface area (Å²) in [5.74, 6) is 0.790. The molecule has 0 amide bonds. The Labute approximate surface area is 112 Å². The zero-order valence-electron chi connectivity index (χ0n) is 12.7. The quantitative estimate of drug-likeness (QED) is 0.849. The van der Waals surface area contributed by atoms with Gasteiger partial charge in [-0.05, 0) is 70.0 Å². The number of hydrogen-bond acceptors (Lipinski definition) is 1. The van der Waals surface area contributed by atoms with Gasteiger partial charge in [-0.2, -0.15) is 0 Å². The Hall–Kier alpha value is -0.820. The van der Waals surface area contributed by atoms with Gasteiger partial charge in [0.15, 0.2) is 0 Å². The van der Waals surface area contributed by atoms with E-state index in [1.807, 2.05) is 0 Å². The minimum atomic E-state index is 0.228. The second kappa shape index (κ2) is 4.38. The van der Waals surface area contributed by atoms with Crippen LogP contribution in [0.15, 0.2) is 18.2 Å². The van der Waals surface area contributed by atoms with Gasteiger partial charge in [0.25, 0.3) is 0 Å². The predicted octanol–water partition coefficient (Wildman–Crippen LogP) is 3.97. The predicted molar refractivity (Wildman–Crippen MR) is 79.1 cm³/mol. The Bertz CT molecular complexity index is 441. The third kappa shape index (κ3) is 2.77. The smallest absolute Gasteiger partial charge is 0.00966 e. The highest BCUT2D eigenvalue weighted by molar-refractivity contribution is 5.41. The van der Waals surface area contributed by atoms with Crippen molar-refractivity contribution in [3.63, 3.8) is 0 Å². The average Bonchev–Trinajstić information content (AvgIpc) is 2.86. The normalized spacial score (nSPS) is 27.3. The number of hydrogen-bond donors (Lipinski definition) is 1. The maximum absolute atomic E-state index is 3.64. The van der Waals surface area contributed by atoms with Gasteiger partial charge in [0.05, 0.1) is 0 Å². The van der Waals surface area contributed by atoms with Gasteiger partial charge in [-0.1, -0.05) is 30.7 Å². The SMILES string of the molecule is Cc1ccc(C2(C)CC2CNC(C)(C)C)c(C)c1. The lowest BCUT2D eigenvalue weighted by atomic mass is 9.90. The van der Waals surface area contributed by atoms with Crippen molar-refractivity contribution in [1.29, 1.82) is 0 Å². The minimum Gasteiger partial charge on any atom is -0.312 e. The van der Waals surface area contributed by atoms with Crippen molar-refractivity contribution >= 4 is 0 Å². The molecule has 18 heavy (non-hydrogen) atoms. The molecular weight excluding hydrogens is 218 g/mol. The molecule has 0 saturated heterocycles. The maximum Gasteiger partial charge on any atom is 0.00966 e. The summed E-state index contributed by atoms with van der Waals surface area (Å²) >= 11 is 0. The van der Waals surface area contributed by atoms with Gasteiger partial charge in [0.1, 0.15) is 0 Å². The molecule has 1 nitrogen and oxygen atoms in total. The van der Waals surface area contributed by atoms with Gasteiger partial charge in [-0.3, -0.25) is 0 Å². The standard InChI is InChI=1S/C17H27N/c1-12-7-8-15(13(2)9-12)17(6)10-14(17)11-18-16(3,4)5/h7-9,14,18H,10-11H2,1-6H3. The van der Waals surface area contributed by atoms with Crippen LogP contribution in [0.1, 0.15) is 50.8 Å². The lowest BCUT2D eigenvalue weighted by Gasteiger charge is -2.22. The van der Waals surface area contributed by atoms with Crippen LogP contribution in [0.3, 0.4) is 0 Å². The third-order valence-corrected chi connectivity index (χ3v) is 4.29. The summed E-state index contributed by atoms with van der Waals surface area (Å²) in [5, 5.41) is 3.64. The van der Waals surface area contributed by atoms with Gasteiger partial charge in [0.2, 0.25) is 0 Å². The van der Waals surface area contributed by atoms with E-state index in [2.05, 4.69) is 65.1 Å². The van der Waals surface area contributed by atoms with Gasteiger partial charge in [-0.15, -0.1) is 0 Å². The topological polar surface area (TPSA) is 12.0 Å². The summed E-state index contributed by atoms with van der Waals surface area (Å²) < 4.78 is 0. The zero-order chi connectivity index (χ0) is 13.6. The maximum atomic E-state index is 3.64. The Balaban J connectivity index is 2.06. The molecule has 1 aromatic rings. The molecule has 2 atom stereocenters. The average molecular weight is 245 g/mol. The summed E-state index contributed by atoms with van der Waals surface area (Å²) in [5.41, 5.74) is 5.00. The second-order valence-corrected chi connectivity index (χ2v) is 7.27. The molecule has 100 valence electrons.